The monoisotopic (exact) mass is 460 g/mol. The van der Waals surface area contributed by atoms with E-state index in [1.165, 1.54) is 15.6 Å². The number of carbonyl (C=O) groups excluding carboxylic acids is 1. The van der Waals surface area contributed by atoms with Crippen LogP contribution in [0.5, 0.6) is 0 Å². The smallest absolute Gasteiger partial charge is 0.252 e. The Morgan fingerprint density at radius 3 is 2.52 bits per heavy atom. The van der Waals surface area contributed by atoms with Gasteiger partial charge >= 0.3 is 0 Å². The van der Waals surface area contributed by atoms with Crippen molar-refractivity contribution in [1.82, 2.24) is 18.9 Å². The quantitative estimate of drug-likeness (QED) is 0.546. The predicted molar refractivity (Wildman–Crippen MR) is 119 cm³/mol. The van der Waals surface area contributed by atoms with Gasteiger partial charge in [-0.05, 0) is 49.9 Å². The van der Waals surface area contributed by atoms with E-state index in [9.17, 15) is 13.2 Å². The summed E-state index contributed by atoms with van der Waals surface area (Å²) in [6.45, 7) is 7.10. The van der Waals surface area contributed by atoms with Crippen molar-refractivity contribution < 1.29 is 17.7 Å². The standard InChI is InChI=1S/C21H24N4O4S2/c1-15-13-18(17(3)25(15)19-14-16(2)29-22-19)6-7-20(26)23-8-10-24(11-9-23)31(27,28)21-5-4-12-30-21/h4-7,12-14H,8-11H2,1-3H3/b7-6+. The van der Waals surface area contributed by atoms with Gasteiger partial charge in [0.1, 0.15) is 9.97 Å². The number of aryl methyl sites for hydroxylation is 2. The molecule has 0 atom stereocenters. The summed E-state index contributed by atoms with van der Waals surface area (Å²) in [5.74, 6) is 1.31. The van der Waals surface area contributed by atoms with Gasteiger partial charge in [0.05, 0.1) is 0 Å². The molecular weight excluding hydrogens is 436 g/mol. The van der Waals surface area contributed by atoms with Gasteiger partial charge in [-0.3, -0.25) is 9.36 Å². The van der Waals surface area contributed by atoms with Gasteiger partial charge < -0.3 is 9.42 Å². The van der Waals surface area contributed by atoms with E-state index < -0.39 is 10.0 Å². The van der Waals surface area contributed by atoms with Crippen molar-refractivity contribution in [2.45, 2.75) is 25.0 Å². The average molecular weight is 461 g/mol. The lowest BCUT2D eigenvalue weighted by atomic mass is 10.2. The molecule has 0 N–H and O–H groups in total. The maximum absolute atomic E-state index is 12.7. The summed E-state index contributed by atoms with van der Waals surface area (Å²) >= 11 is 1.21. The first-order valence-corrected chi connectivity index (χ1v) is 12.2. The topological polar surface area (TPSA) is 88.7 Å². The molecule has 164 valence electrons. The highest BCUT2D eigenvalue weighted by Gasteiger charge is 2.30. The van der Waals surface area contributed by atoms with Crippen LogP contribution >= 0.6 is 11.3 Å². The molecule has 8 nitrogen and oxygen atoms in total. The first kappa shape index (κ1) is 21.5. The Hall–Kier alpha value is -2.69. The molecule has 0 aliphatic carbocycles. The van der Waals surface area contributed by atoms with Crippen molar-refractivity contribution in [3.05, 3.63) is 58.4 Å². The summed E-state index contributed by atoms with van der Waals surface area (Å²) in [5.41, 5.74) is 2.87. The molecule has 31 heavy (non-hydrogen) atoms. The lowest BCUT2D eigenvalue weighted by molar-refractivity contribution is -0.127. The maximum atomic E-state index is 12.7. The second-order valence-electron chi connectivity index (χ2n) is 7.45. The highest BCUT2D eigenvalue weighted by atomic mass is 32.2. The van der Waals surface area contributed by atoms with Crippen LogP contribution < -0.4 is 0 Å². The summed E-state index contributed by atoms with van der Waals surface area (Å²) in [6.07, 6.45) is 3.34. The molecule has 4 heterocycles. The van der Waals surface area contributed by atoms with Crippen LogP contribution in [0, 0.1) is 20.8 Å². The van der Waals surface area contributed by atoms with Crippen molar-refractivity contribution in [2.75, 3.05) is 26.2 Å². The first-order chi connectivity index (χ1) is 14.8. The summed E-state index contributed by atoms with van der Waals surface area (Å²) in [6, 6.07) is 7.19. The van der Waals surface area contributed by atoms with E-state index in [0.29, 0.717) is 36.2 Å². The average Bonchev–Trinajstić information content (AvgIpc) is 3.48. The van der Waals surface area contributed by atoms with Gasteiger partial charge in [-0.1, -0.05) is 11.2 Å². The third-order valence-corrected chi connectivity index (χ3v) is 8.63. The lowest BCUT2D eigenvalue weighted by Gasteiger charge is -2.33. The van der Waals surface area contributed by atoms with E-state index >= 15 is 0 Å². The van der Waals surface area contributed by atoms with Crippen LogP contribution in [-0.4, -0.2) is 59.4 Å². The van der Waals surface area contributed by atoms with Crippen molar-refractivity contribution in [1.29, 1.82) is 0 Å². The Balaban J connectivity index is 1.42. The second kappa shape index (κ2) is 8.45. The molecule has 0 aromatic carbocycles. The molecule has 0 bridgehead atoms. The van der Waals surface area contributed by atoms with Gasteiger partial charge in [0.25, 0.3) is 10.0 Å². The molecule has 0 saturated carbocycles. The third-order valence-electron chi connectivity index (χ3n) is 5.36. The molecule has 0 unspecified atom stereocenters. The van der Waals surface area contributed by atoms with Gasteiger partial charge in [0.2, 0.25) is 5.91 Å². The molecular formula is C21H24N4O4S2. The number of sulfonamides is 1. The second-order valence-corrected chi connectivity index (χ2v) is 10.6. The van der Waals surface area contributed by atoms with Gasteiger partial charge in [-0.15, -0.1) is 11.3 Å². The zero-order chi connectivity index (χ0) is 22.2. The van der Waals surface area contributed by atoms with Crippen LogP contribution in [0.25, 0.3) is 11.9 Å². The molecule has 1 amide bonds. The number of nitrogens with zero attached hydrogens (tertiary/aromatic N) is 4. The van der Waals surface area contributed by atoms with E-state index in [4.69, 9.17) is 4.52 Å². The normalized spacial score (nSPS) is 15.8. The van der Waals surface area contributed by atoms with E-state index in [1.54, 1.807) is 34.6 Å². The van der Waals surface area contributed by atoms with Crippen molar-refractivity contribution in [2.24, 2.45) is 0 Å². The minimum atomic E-state index is -3.48. The molecule has 1 saturated heterocycles. The summed E-state index contributed by atoms with van der Waals surface area (Å²) in [5, 5.41) is 5.82. The third kappa shape index (κ3) is 4.23. The fraction of sp³-hybridized carbons (Fsp3) is 0.333. The number of carbonyl (C=O) groups is 1. The Bertz CT molecular complexity index is 1210. The van der Waals surface area contributed by atoms with Crippen molar-refractivity contribution in [3.63, 3.8) is 0 Å². The molecule has 10 heteroatoms. The highest BCUT2D eigenvalue weighted by Crippen LogP contribution is 2.23. The molecule has 0 radical (unpaired) electrons. The number of hydrogen-bond acceptors (Lipinski definition) is 6. The number of aromatic nitrogens is 2. The van der Waals surface area contributed by atoms with Gasteiger partial charge in [0, 0.05) is 49.7 Å². The van der Waals surface area contributed by atoms with Crippen molar-refractivity contribution >= 4 is 33.3 Å². The summed E-state index contributed by atoms with van der Waals surface area (Å²) in [7, 11) is -3.48. The first-order valence-electron chi connectivity index (χ1n) is 9.90. The fourth-order valence-corrected chi connectivity index (χ4v) is 6.29. The Morgan fingerprint density at radius 1 is 1.16 bits per heavy atom. The SMILES string of the molecule is Cc1cc(-n2c(C)cc(/C=C/C(=O)N3CCN(S(=O)(=O)c4cccs4)CC3)c2C)no1. The molecule has 3 aromatic heterocycles. The van der Waals surface area contributed by atoms with Crippen LogP contribution in [0.15, 0.2) is 44.5 Å². The molecule has 1 fully saturated rings. The zero-order valence-corrected chi connectivity index (χ0v) is 19.2. The minimum absolute atomic E-state index is 0.129. The largest absolute Gasteiger partial charge is 0.360 e. The fourth-order valence-electron chi connectivity index (χ4n) is 3.72. The maximum Gasteiger partial charge on any atom is 0.252 e. The highest BCUT2D eigenvalue weighted by molar-refractivity contribution is 7.91. The van der Waals surface area contributed by atoms with E-state index in [0.717, 1.165) is 22.7 Å². The van der Waals surface area contributed by atoms with Crippen LogP contribution in [0.4, 0.5) is 0 Å². The van der Waals surface area contributed by atoms with Gasteiger partial charge in [-0.25, -0.2) is 8.42 Å². The Morgan fingerprint density at radius 2 is 1.90 bits per heavy atom. The number of amides is 1. The van der Waals surface area contributed by atoms with Gasteiger partial charge in [-0.2, -0.15) is 4.31 Å². The van der Waals surface area contributed by atoms with Crippen LogP contribution in [0.1, 0.15) is 22.7 Å². The minimum Gasteiger partial charge on any atom is -0.360 e. The lowest BCUT2D eigenvalue weighted by Crippen LogP contribution is -2.50. The number of rotatable bonds is 5. The summed E-state index contributed by atoms with van der Waals surface area (Å²) in [4.78, 5) is 14.3. The number of piperazine rings is 1. The van der Waals surface area contributed by atoms with Gasteiger partial charge in [0.15, 0.2) is 5.82 Å². The molecule has 0 spiro atoms. The van der Waals surface area contributed by atoms with Crippen molar-refractivity contribution in [3.8, 4) is 5.82 Å². The molecule has 1 aliphatic heterocycles. The number of thiophene rings is 1. The van der Waals surface area contributed by atoms with E-state index in [-0.39, 0.29) is 5.91 Å². The summed E-state index contributed by atoms with van der Waals surface area (Å²) < 4.78 is 34.2. The van der Waals surface area contributed by atoms with E-state index in [1.807, 2.05) is 37.5 Å². The number of hydrogen-bond donors (Lipinski definition) is 0. The van der Waals surface area contributed by atoms with E-state index in [2.05, 4.69) is 5.16 Å². The molecule has 3 aromatic rings. The zero-order valence-electron chi connectivity index (χ0n) is 17.6. The Labute approximate surface area is 185 Å². The predicted octanol–water partition coefficient (Wildman–Crippen LogP) is 3.00. The van der Waals surface area contributed by atoms with Crippen LogP contribution in [0.3, 0.4) is 0 Å². The van der Waals surface area contributed by atoms with Crippen LogP contribution in [-0.2, 0) is 14.8 Å². The molecule has 4 rings (SSSR count). The van der Waals surface area contributed by atoms with Crippen LogP contribution in [0.2, 0.25) is 0 Å². The molecule has 1 aliphatic rings. The Kier molecular flexibility index (Phi) is 5.87.